The van der Waals surface area contributed by atoms with E-state index in [1.807, 2.05) is 19.0 Å². The predicted molar refractivity (Wildman–Crippen MR) is 114 cm³/mol. The van der Waals surface area contributed by atoms with E-state index in [0.29, 0.717) is 45.6 Å². The number of aromatic nitrogens is 1. The second kappa shape index (κ2) is 8.71. The molecule has 1 aromatic heterocycles. The van der Waals surface area contributed by atoms with Gasteiger partial charge in [-0.25, -0.2) is 9.78 Å². The van der Waals surface area contributed by atoms with Gasteiger partial charge in [-0.3, -0.25) is 4.90 Å². The Hall–Kier alpha value is -3.25. The number of ether oxygens (including phenoxy) is 3. The highest BCUT2D eigenvalue weighted by Crippen LogP contribution is 2.36. The number of benzene rings is 2. The van der Waals surface area contributed by atoms with Crippen molar-refractivity contribution in [3.63, 3.8) is 0 Å². The summed E-state index contributed by atoms with van der Waals surface area (Å²) in [6.45, 7) is 0.982. The lowest BCUT2D eigenvalue weighted by Crippen LogP contribution is -2.39. The minimum atomic E-state index is -4.79. The number of thiazole rings is 1. The van der Waals surface area contributed by atoms with E-state index in [4.69, 9.17) is 9.47 Å². The molecule has 1 aliphatic rings. The van der Waals surface area contributed by atoms with Gasteiger partial charge in [-0.2, -0.15) is 0 Å². The number of fused-ring (bicyclic) bond motifs is 2. The van der Waals surface area contributed by atoms with E-state index >= 15 is 0 Å². The molecule has 0 radical (unpaired) electrons. The fourth-order valence-corrected chi connectivity index (χ4v) is 3.97. The smallest absolute Gasteiger partial charge is 0.454 e. The molecule has 0 unspecified atom stereocenters. The van der Waals surface area contributed by atoms with E-state index in [1.165, 1.54) is 23.1 Å². The molecule has 0 fully saturated rings. The van der Waals surface area contributed by atoms with Crippen LogP contribution in [0.3, 0.4) is 0 Å². The van der Waals surface area contributed by atoms with E-state index in [9.17, 15) is 18.0 Å². The summed E-state index contributed by atoms with van der Waals surface area (Å²) >= 11 is 1.10. The molecular weight excluding hydrogens is 449 g/mol. The van der Waals surface area contributed by atoms with E-state index in [2.05, 4.69) is 15.0 Å². The Bertz CT molecular complexity index is 1140. The maximum atomic E-state index is 13.1. The molecule has 0 spiro atoms. The number of hydrogen-bond acceptors (Lipinski definition) is 7. The summed E-state index contributed by atoms with van der Waals surface area (Å²) < 4.78 is 52.6. The Labute approximate surface area is 185 Å². The summed E-state index contributed by atoms with van der Waals surface area (Å²) in [5.74, 6) is 0.778. The molecule has 3 aromatic rings. The van der Waals surface area contributed by atoms with E-state index < -0.39 is 12.4 Å². The van der Waals surface area contributed by atoms with Crippen LogP contribution in [-0.2, 0) is 0 Å². The van der Waals surface area contributed by atoms with Crippen LogP contribution in [0.15, 0.2) is 36.4 Å². The lowest BCUT2D eigenvalue weighted by Gasteiger charge is -2.22. The van der Waals surface area contributed by atoms with Crippen LogP contribution in [-0.4, -0.2) is 56.3 Å². The van der Waals surface area contributed by atoms with Gasteiger partial charge in [0, 0.05) is 30.9 Å². The van der Waals surface area contributed by atoms with Crippen LogP contribution in [0.4, 0.5) is 28.8 Å². The molecule has 1 aliphatic heterocycles. The highest BCUT2D eigenvalue weighted by Gasteiger charge is 2.31. The van der Waals surface area contributed by atoms with Crippen molar-refractivity contribution in [2.75, 3.05) is 44.2 Å². The number of likely N-dealkylation sites (N-methyl/N-ethyl adjacent to an activating group) is 1. The Morgan fingerprint density at radius 3 is 2.69 bits per heavy atom. The van der Waals surface area contributed by atoms with Gasteiger partial charge < -0.3 is 24.4 Å². The van der Waals surface area contributed by atoms with Gasteiger partial charge in [0.05, 0.1) is 10.2 Å². The number of amides is 2. The predicted octanol–water partition coefficient (Wildman–Crippen LogP) is 4.52. The number of rotatable bonds is 6. The molecular formula is C20H19F3N4O4S. The maximum absolute atomic E-state index is 13.1. The van der Waals surface area contributed by atoms with Crippen molar-refractivity contribution in [3.8, 4) is 17.2 Å². The van der Waals surface area contributed by atoms with Crippen LogP contribution in [0.2, 0.25) is 0 Å². The zero-order valence-electron chi connectivity index (χ0n) is 17.1. The van der Waals surface area contributed by atoms with Crippen molar-refractivity contribution >= 4 is 38.4 Å². The molecule has 0 aliphatic carbocycles. The molecule has 32 heavy (non-hydrogen) atoms. The average molecular weight is 468 g/mol. The number of urea groups is 1. The third kappa shape index (κ3) is 5.14. The number of hydrogen-bond donors (Lipinski definition) is 1. The first-order valence-electron chi connectivity index (χ1n) is 9.47. The highest BCUT2D eigenvalue weighted by molar-refractivity contribution is 7.22. The normalized spacial score (nSPS) is 12.9. The zero-order valence-corrected chi connectivity index (χ0v) is 17.9. The van der Waals surface area contributed by atoms with Crippen molar-refractivity contribution in [3.05, 3.63) is 36.4 Å². The van der Waals surface area contributed by atoms with Crippen molar-refractivity contribution in [2.24, 2.45) is 0 Å². The SMILES string of the molecule is CN(C)CCN(C(=O)Nc1ccc2c(c1)OCO2)c1nc2ccc(OC(F)(F)F)cc2s1. The van der Waals surface area contributed by atoms with Gasteiger partial charge in [0.1, 0.15) is 5.75 Å². The first-order chi connectivity index (χ1) is 15.2. The highest BCUT2D eigenvalue weighted by atomic mass is 32.1. The van der Waals surface area contributed by atoms with Crippen molar-refractivity contribution in [1.29, 1.82) is 0 Å². The molecule has 1 N–H and O–H groups in total. The van der Waals surface area contributed by atoms with Crippen LogP contribution in [0.5, 0.6) is 17.2 Å². The van der Waals surface area contributed by atoms with Gasteiger partial charge in [-0.15, -0.1) is 13.2 Å². The van der Waals surface area contributed by atoms with E-state index in [0.717, 1.165) is 11.3 Å². The molecule has 2 amide bonds. The quantitative estimate of drug-likeness (QED) is 0.573. The monoisotopic (exact) mass is 468 g/mol. The Morgan fingerprint density at radius 2 is 1.94 bits per heavy atom. The number of carbonyl (C=O) groups is 1. The fraction of sp³-hybridized carbons (Fsp3) is 0.300. The van der Waals surface area contributed by atoms with E-state index in [-0.39, 0.29) is 12.5 Å². The molecule has 2 heterocycles. The van der Waals surface area contributed by atoms with Crippen molar-refractivity contribution in [1.82, 2.24) is 9.88 Å². The third-order valence-corrected chi connectivity index (χ3v) is 5.49. The number of carbonyl (C=O) groups excluding carboxylic acids is 1. The molecule has 0 saturated carbocycles. The molecule has 2 aromatic carbocycles. The Morgan fingerprint density at radius 1 is 1.16 bits per heavy atom. The van der Waals surface area contributed by atoms with Crippen LogP contribution >= 0.6 is 11.3 Å². The van der Waals surface area contributed by atoms with E-state index in [1.54, 1.807) is 18.2 Å². The minimum absolute atomic E-state index is 0.118. The molecule has 0 saturated heterocycles. The van der Waals surface area contributed by atoms with Crippen LogP contribution in [0, 0.1) is 0 Å². The molecule has 0 bridgehead atoms. The van der Waals surface area contributed by atoms with Crippen LogP contribution in [0.1, 0.15) is 0 Å². The second-order valence-electron chi connectivity index (χ2n) is 7.13. The first kappa shape index (κ1) is 22.0. The van der Waals surface area contributed by atoms with Gasteiger partial charge in [0.15, 0.2) is 16.6 Å². The Balaban J connectivity index is 1.58. The number of alkyl halides is 3. The topological polar surface area (TPSA) is 76.2 Å². The summed E-state index contributed by atoms with van der Waals surface area (Å²) in [7, 11) is 3.74. The third-order valence-electron chi connectivity index (χ3n) is 4.45. The average Bonchev–Trinajstić information content (AvgIpc) is 3.32. The fourth-order valence-electron chi connectivity index (χ4n) is 2.95. The summed E-state index contributed by atoms with van der Waals surface area (Å²) in [5, 5.41) is 3.16. The summed E-state index contributed by atoms with van der Waals surface area (Å²) in [4.78, 5) is 20.9. The van der Waals surface area contributed by atoms with Gasteiger partial charge in [-0.1, -0.05) is 11.3 Å². The molecule has 4 rings (SSSR count). The number of nitrogens with one attached hydrogen (secondary N) is 1. The number of halogens is 3. The Kier molecular flexibility index (Phi) is 5.98. The lowest BCUT2D eigenvalue weighted by molar-refractivity contribution is -0.274. The molecule has 0 atom stereocenters. The van der Waals surface area contributed by atoms with Gasteiger partial charge in [-0.05, 0) is 38.4 Å². The van der Waals surface area contributed by atoms with Crippen molar-refractivity contribution < 1.29 is 32.2 Å². The second-order valence-corrected chi connectivity index (χ2v) is 8.14. The molecule has 8 nitrogen and oxygen atoms in total. The number of anilines is 2. The number of nitrogens with zero attached hydrogens (tertiary/aromatic N) is 3. The van der Waals surface area contributed by atoms with Crippen molar-refractivity contribution in [2.45, 2.75) is 6.36 Å². The van der Waals surface area contributed by atoms with Gasteiger partial charge in [0.2, 0.25) is 6.79 Å². The molecule has 170 valence electrons. The summed E-state index contributed by atoms with van der Waals surface area (Å²) in [5.41, 5.74) is 0.973. The van der Waals surface area contributed by atoms with Crippen LogP contribution < -0.4 is 24.4 Å². The van der Waals surface area contributed by atoms with Gasteiger partial charge in [0.25, 0.3) is 0 Å². The molecule has 12 heteroatoms. The zero-order chi connectivity index (χ0) is 22.9. The van der Waals surface area contributed by atoms with Crippen LogP contribution in [0.25, 0.3) is 10.2 Å². The minimum Gasteiger partial charge on any atom is -0.454 e. The largest absolute Gasteiger partial charge is 0.573 e. The summed E-state index contributed by atoms with van der Waals surface area (Å²) in [6.07, 6.45) is -4.79. The standard InChI is InChI=1S/C20H19F3N4O4S/c1-26(2)7-8-27(18(28)24-12-3-6-15-16(9-12)30-11-29-15)19-25-14-5-4-13(10-17(14)32-19)31-20(21,22)23/h3-6,9-10H,7-8,11H2,1-2H3,(H,24,28). The summed E-state index contributed by atoms with van der Waals surface area (Å²) in [6, 6.07) is 8.48. The van der Waals surface area contributed by atoms with Gasteiger partial charge >= 0.3 is 12.4 Å². The first-order valence-corrected chi connectivity index (χ1v) is 10.3. The maximum Gasteiger partial charge on any atom is 0.573 e. The lowest BCUT2D eigenvalue weighted by atomic mass is 10.3.